The lowest BCUT2D eigenvalue weighted by Gasteiger charge is -2.11. The lowest BCUT2D eigenvalue weighted by Crippen LogP contribution is -2.38. The molecule has 0 saturated heterocycles. The third-order valence-corrected chi connectivity index (χ3v) is 2.85. The van der Waals surface area contributed by atoms with E-state index in [0.29, 0.717) is 0 Å². The number of carbonyl (C=O) groups excluding carboxylic acids is 1. The molecule has 1 rings (SSSR count). The highest BCUT2D eigenvalue weighted by Gasteiger charge is 2.12. The maximum absolute atomic E-state index is 10.5. The van der Waals surface area contributed by atoms with Crippen LogP contribution < -0.4 is 11.1 Å². The van der Waals surface area contributed by atoms with Gasteiger partial charge in [-0.05, 0) is 11.4 Å². The van der Waals surface area contributed by atoms with Crippen molar-refractivity contribution >= 4 is 17.2 Å². The molecule has 1 amide bonds. The number of amides is 1. The fourth-order valence-corrected chi connectivity index (χ4v) is 1.75. The predicted molar refractivity (Wildman–Crippen MR) is 57.3 cm³/mol. The van der Waals surface area contributed by atoms with Crippen LogP contribution in [-0.4, -0.2) is 35.3 Å². The zero-order chi connectivity index (χ0) is 11.3. The van der Waals surface area contributed by atoms with Crippen molar-refractivity contribution in [3.8, 4) is 0 Å². The second kappa shape index (κ2) is 5.82. The highest BCUT2D eigenvalue weighted by Crippen LogP contribution is 2.17. The Morgan fingerprint density at radius 3 is 2.80 bits per heavy atom. The van der Waals surface area contributed by atoms with Gasteiger partial charge in [0.25, 0.3) is 0 Å². The smallest absolute Gasteiger partial charge is 0.247 e. The number of rotatable bonds is 6. The van der Waals surface area contributed by atoms with Crippen LogP contribution in [0.3, 0.4) is 0 Å². The summed E-state index contributed by atoms with van der Waals surface area (Å²) >= 11 is 1.45. The summed E-state index contributed by atoms with van der Waals surface area (Å²) in [7, 11) is 0. The quantitative estimate of drug-likeness (QED) is 0.515. The molecule has 0 bridgehead atoms. The molecule has 5 N–H and O–H groups in total. The lowest BCUT2D eigenvalue weighted by molar-refractivity contribution is -0.125. The van der Waals surface area contributed by atoms with E-state index in [1.807, 2.05) is 17.5 Å². The standard InChI is InChI=1S/C9H14N2O3S/c10-9(14)7(13)5-11-4-6(12)8-2-1-3-15-8/h1-3,6-7,11-13H,4-5H2,(H2,10,14). The average molecular weight is 230 g/mol. The van der Waals surface area contributed by atoms with E-state index >= 15 is 0 Å². The van der Waals surface area contributed by atoms with E-state index in [0.717, 1.165) is 4.88 Å². The minimum atomic E-state index is -1.21. The molecule has 2 unspecified atom stereocenters. The Kier molecular flexibility index (Phi) is 4.70. The van der Waals surface area contributed by atoms with Gasteiger partial charge in [0.1, 0.15) is 12.2 Å². The van der Waals surface area contributed by atoms with E-state index in [1.54, 1.807) is 0 Å². The summed E-state index contributed by atoms with van der Waals surface area (Å²) in [6, 6.07) is 3.67. The molecule has 0 spiro atoms. The van der Waals surface area contributed by atoms with Crippen molar-refractivity contribution in [3.05, 3.63) is 22.4 Å². The van der Waals surface area contributed by atoms with Crippen LogP contribution in [0.4, 0.5) is 0 Å². The molecular weight excluding hydrogens is 216 g/mol. The zero-order valence-electron chi connectivity index (χ0n) is 8.09. The van der Waals surface area contributed by atoms with Crippen LogP contribution in [0.1, 0.15) is 11.0 Å². The van der Waals surface area contributed by atoms with E-state index in [9.17, 15) is 9.90 Å². The molecule has 6 heteroatoms. The SMILES string of the molecule is NC(=O)C(O)CNCC(O)c1cccs1. The Morgan fingerprint density at radius 1 is 1.53 bits per heavy atom. The summed E-state index contributed by atoms with van der Waals surface area (Å²) < 4.78 is 0. The van der Waals surface area contributed by atoms with Crippen LogP contribution in [0.2, 0.25) is 0 Å². The van der Waals surface area contributed by atoms with Crippen LogP contribution in [-0.2, 0) is 4.79 Å². The third-order valence-electron chi connectivity index (χ3n) is 1.88. The molecule has 0 aromatic carbocycles. The number of hydrogen-bond acceptors (Lipinski definition) is 5. The van der Waals surface area contributed by atoms with Gasteiger partial charge >= 0.3 is 0 Å². The van der Waals surface area contributed by atoms with E-state index in [-0.39, 0.29) is 13.1 Å². The van der Waals surface area contributed by atoms with Crippen LogP contribution in [0.5, 0.6) is 0 Å². The minimum Gasteiger partial charge on any atom is -0.386 e. The lowest BCUT2D eigenvalue weighted by atomic mass is 10.2. The van der Waals surface area contributed by atoms with Gasteiger partial charge in [0.05, 0.1) is 0 Å². The molecule has 1 aromatic rings. The molecule has 1 aromatic heterocycles. The molecule has 0 aliphatic carbocycles. The summed E-state index contributed by atoms with van der Waals surface area (Å²) in [4.78, 5) is 11.3. The van der Waals surface area contributed by atoms with Gasteiger partial charge in [-0.3, -0.25) is 4.79 Å². The predicted octanol–water partition coefficient (Wildman–Crippen LogP) is -0.783. The highest BCUT2D eigenvalue weighted by molar-refractivity contribution is 7.10. The normalized spacial score (nSPS) is 14.8. The highest BCUT2D eigenvalue weighted by atomic mass is 32.1. The van der Waals surface area contributed by atoms with E-state index in [2.05, 4.69) is 5.32 Å². The average Bonchev–Trinajstić information content (AvgIpc) is 2.70. The molecule has 0 fully saturated rings. The van der Waals surface area contributed by atoms with Crippen LogP contribution in [0, 0.1) is 0 Å². The number of aliphatic hydroxyl groups is 2. The Balaban J connectivity index is 2.23. The largest absolute Gasteiger partial charge is 0.386 e. The molecule has 5 nitrogen and oxygen atoms in total. The van der Waals surface area contributed by atoms with Gasteiger partial charge in [0.15, 0.2) is 0 Å². The van der Waals surface area contributed by atoms with Crippen LogP contribution in [0.25, 0.3) is 0 Å². The molecule has 2 atom stereocenters. The third kappa shape index (κ3) is 3.96. The fourth-order valence-electron chi connectivity index (χ4n) is 1.04. The summed E-state index contributed by atoms with van der Waals surface area (Å²) in [5.74, 6) is -0.770. The van der Waals surface area contributed by atoms with Crippen molar-refractivity contribution in [2.24, 2.45) is 5.73 Å². The monoisotopic (exact) mass is 230 g/mol. The number of nitrogens with two attached hydrogens (primary N) is 1. The first kappa shape index (κ1) is 12.1. The van der Waals surface area contributed by atoms with Crippen molar-refractivity contribution in [3.63, 3.8) is 0 Å². The summed E-state index contributed by atoms with van der Waals surface area (Å²) in [5, 5.41) is 23.3. The number of thiophene rings is 1. The Morgan fingerprint density at radius 2 is 2.27 bits per heavy atom. The van der Waals surface area contributed by atoms with Gasteiger partial charge in [-0.15, -0.1) is 11.3 Å². The van der Waals surface area contributed by atoms with Gasteiger partial charge in [-0.1, -0.05) is 6.07 Å². The molecule has 0 saturated carbocycles. The van der Waals surface area contributed by atoms with Gasteiger partial charge < -0.3 is 21.3 Å². The topological polar surface area (TPSA) is 95.6 Å². The molecular formula is C9H14N2O3S. The Bertz CT molecular complexity index is 302. The van der Waals surface area contributed by atoms with Crippen LogP contribution in [0.15, 0.2) is 17.5 Å². The fraction of sp³-hybridized carbons (Fsp3) is 0.444. The number of hydrogen-bond donors (Lipinski definition) is 4. The summed E-state index contributed by atoms with van der Waals surface area (Å²) in [6.07, 6.45) is -1.83. The number of primary amides is 1. The van der Waals surface area contributed by atoms with E-state index in [1.165, 1.54) is 11.3 Å². The minimum absolute atomic E-state index is 0.0533. The molecule has 0 aliphatic heterocycles. The van der Waals surface area contributed by atoms with Crippen molar-refractivity contribution in [2.45, 2.75) is 12.2 Å². The zero-order valence-corrected chi connectivity index (χ0v) is 8.91. The molecule has 15 heavy (non-hydrogen) atoms. The van der Waals surface area contributed by atoms with Crippen molar-refractivity contribution in [2.75, 3.05) is 13.1 Å². The first-order valence-corrected chi connectivity index (χ1v) is 5.38. The number of aliphatic hydroxyl groups excluding tert-OH is 2. The number of carbonyl (C=O) groups is 1. The van der Waals surface area contributed by atoms with Crippen LogP contribution >= 0.6 is 11.3 Å². The first-order chi connectivity index (χ1) is 7.11. The Labute approximate surface area is 91.5 Å². The van der Waals surface area contributed by atoms with E-state index in [4.69, 9.17) is 10.8 Å². The second-order valence-electron chi connectivity index (χ2n) is 3.11. The Hall–Kier alpha value is -0.950. The van der Waals surface area contributed by atoms with Gasteiger partial charge in [-0.25, -0.2) is 0 Å². The van der Waals surface area contributed by atoms with Crippen molar-refractivity contribution in [1.29, 1.82) is 0 Å². The summed E-state index contributed by atoms with van der Waals surface area (Å²) in [5.41, 5.74) is 4.86. The number of nitrogens with one attached hydrogen (secondary N) is 1. The molecule has 84 valence electrons. The maximum Gasteiger partial charge on any atom is 0.247 e. The van der Waals surface area contributed by atoms with Gasteiger partial charge in [0.2, 0.25) is 5.91 Å². The molecule has 0 radical (unpaired) electrons. The second-order valence-corrected chi connectivity index (χ2v) is 4.09. The van der Waals surface area contributed by atoms with Gasteiger partial charge in [0, 0.05) is 18.0 Å². The molecule has 0 aliphatic rings. The van der Waals surface area contributed by atoms with E-state index < -0.39 is 18.1 Å². The summed E-state index contributed by atoms with van der Waals surface area (Å²) in [6.45, 7) is 0.336. The van der Waals surface area contributed by atoms with Crippen molar-refractivity contribution < 1.29 is 15.0 Å². The van der Waals surface area contributed by atoms with Crippen molar-refractivity contribution in [1.82, 2.24) is 5.32 Å². The van der Waals surface area contributed by atoms with Gasteiger partial charge in [-0.2, -0.15) is 0 Å². The molecule has 1 heterocycles. The first-order valence-electron chi connectivity index (χ1n) is 4.51. The maximum atomic E-state index is 10.5.